The Bertz CT molecular complexity index is 1260. The topological polar surface area (TPSA) is 59.1 Å². The van der Waals surface area contributed by atoms with E-state index in [-0.39, 0.29) is 11.6 Å². The summed E-state index contributed by atoms with van der Waals surface area (Å²) < 4.78 is 29.7. The quantitative estimate of drug-likeness (QED) is 0.347. The molecule has 0 aliphatic rings. The second-order valence-corrected chi connectivity index (χ2v) is 8.83. The highest BCUT2D eigenvalue weighted by atomic mass is 32.2. The van der Waals surface area contributed by atoms with E-state index in [1.165, 1.54) is 12.1 Å². The van der Waals surface area contributed by atoms with Crippen LogP contribution in [0.25, 0.3) is 11.1 Å². The van der Waals surface area contributed by atoms with E-state index in [1.807, 2.05) is 48.5 Å². The summed E-state index contributed by atoms with van der Waals surface area (Å²) in [4.78, 5) is 17.0. The molecule has 0 saturated heterocycles. The molecule has 4 rings (SSSR count). The molecule has 3 aromatic carbocycles. The molecule has 0 amide bonds. The average Bonchev–Trinajstić information content (AvgIpc) is 2.84. The van der Waals surface area contributed by atoms with Gasteiger partial charge in [-0.15, -0.1) is 0 Å². The maximum Gasteiger partial charge on any atom is 0.150 e. The third-order valence-electron chi connectivity index (χ3n) is 5.20. The van der Waals surface area contributed by atoms with Crippen molar-refractivity contribution in [3.05, 3.63) is 114 Å². The Labute approximate surface area is 195 Å². The number of aromatic nitrogens is 1. The van der Waals surface area contributed by atoms with Gasteiger partial charge in [0.1, 0.15) is 11.6 Å². The fraction of sp³-hybridized carbons (Fsp3) is 0.111. The molecule has 166 valence electrons. The second-order valence-electron chi connectivity index (χ2n) is 7.65. The molecule has 0 fully saturated rings. The minimum absolute atomic E-state index is 0.159. The Hall–Kier alpha value is -3.64. The predicted molar refractivity (Wildman–Crippen MR) is 130 cm³/mol. The van der Waals surface area contributed by atoms with Gasteiger partial charge in [-0.25, -0.2) is 8.60 Å². The fourth-order valence-electron chi connectivity index (χ4n) is 3.52. The van der Waals surface area contributed by atoms with E-state index in [0.717, 1.165) is 11.1 Å². The molecule has 6 heteroatoms. The zero-order valence-corrected chi connectivity index (χ0v) is 18.7. The van der Waals surface area contributed by atoms with Crippen LogP contribution in [-0.2, 0) is 28.6 Å². The van der Waals surface area contributed by atoms with E-state index in [0.29, 0.717) is 41.0 Å². The maximum atomic E-state index is 13.7. The summed E-state index contributed by atoms with van der Waals surface area (Å²) in [5.41, 5.74) is 4.00. The van der Waals surface area contributed by atoms with Crippen molar-refractivity contribution < 1.29 is 13.4 Å². The summed E-state index contributed by atoms with van der Waals surface area (Å²) in [6.45, 7) is 0. The summed E-state index contributed by atoms with van der Waals surface area (Å²) in [7, 11) is -1.54. The normalized spacial score (nSPS) is 11.7. The molecule has 0 aliphatic heterocycles. The van der Waals surface area contributed by atoms with Gasteiger partial charge in [-0.05, 0) is 65.1 Å². The van der Waals surface area contributed by atoms with Crippen LogP contribution in [0.5, 0.6) is 0 Å². The molecule has 1 unspecified atom stereocenters. The Morgan fingerprint density at radius 1 is 0.909 bits per heavy atom. The Morgan fingerprint density at radius 2 is 1.73 bits per heavy atom. The number of carbonyl (C=O) groups is 1. The van der Waals surface area contributed by atoms with Crippen LogP contribution >= 0.6 is 0 Å². The minimum Gasteiger partial charge on any atom is -0.301 e. The number of Topliss-reactive ketones (excluding diaryl/α,β-unsaturated/α-hetero) is 1. The van der Waals surface area contributed by atoms with Crippen molar-refractivity contribution in [1.29, 1.82) is 0 Å². The number of hydrogen-bond donors (Lipinski definition) is 1. The zero-order chi connectivity index (χ0) is 23.0. The van der Waals surface area contributed by atoms with Crippen LogP contribution in [0, 0.1) is 5.82 Å². The van der Waals surface area contributed by atoms with Crippen molar-refractivity contribution in [3.63, 3.8) is 0 Å². The molecule has 0 aliphatic carbocycles. The van der Waals surface area contributed by atoms with Crippen LogP contribution in [0.15, 0.2) is 102 Å². The standard InChI is InChI=1S/C27H23FN2O2S/c28-23-7-3-6-22(18-23)26-8-1-2-9-27(26)33(32)30-24-13-10-20(11-14-24)17-25(31)15-12-21-5-4-16-29-19-21/h1-11,13-14,16,18-19,30H,12,15,17H2. The lowest BCUT2D eigenvalue weighted by atomic mass is 10.0. The van der Waals surface area contributed by atoms with E-state index in [1.54, 1.807) is 36.7 Å². The van der Waals surface area contributed by atoms with Gasteiger partial charge < -0.3 is 4.72 Å². The lowest BCUT2D eigenvalue weighted by molar-refractivity contribution is -0.118. The number of carbonyl (C=O) groups excluding carboxylic acids is 1. The van der Waals surface area contributed by atoms with E-state index in [9.17, 15) is 13.4 Å². The molecule has 0 saturated carbocycles. The van der Waals surface area contributed by atoms with Gasteiger partial charge in [0, 0.05) is 30.9 Å². The van der Waals surface area contributed by atoms with Crippen molar-refractivity contribution in [3.8, 4) is 11.1 Å². The van der Waals surface area contributed by atoms with Crippen LogP contribution in [0.4, 0.5) is 10.1 Å². The first-order chi connectivity index (χ1) is 16.1. The van der Waals surface area contributed by atoms with Gasteiger partial charge in [0.05, 0.1) is 4.90 Å². The Balaban J connectivity index is 1.38. The molecule has 4 aromatic rings. The molecule has 1 heterocycles. The first-order valence-electron chi connectivity index (χ1n) is 10.6. The monoisotopic (exact) mass is 458 g/mol. The fourth-order valence-corrected chi connectivity index (χ4v) is 4.57. The molecule has 1 aromatic heterocycles. The smallest absolute Gasteiger partial charge is 0.150 e. The number of halogens is 1. The number of aryl methyl sites for hydroxylation is 1. The first-order valence-corrected chi connectivity index (χ1v) is 11.8. The molecule has 0 spiro atoms. The van der Waals surface area contributed by atoms with E-state index < -0.39 is 11.0 Å². The summed E-state index contributed by atoms with van der Waals surface area (Å²) in [5, 5.41) is 0. The van der Waals surface area contributed by atoms with Gasteiger partial charge in [0.2, 0.25) is 0 Å². The van der Waals surface area contributed by atoms with Crippen molar-refractivity contribution in [2.24, 2.45) is 0 Å². The summed E-state index contributed by atoms with van der Waals surface area (Å²) in [6.07, 6.45) is 4.99. The van der Waals surface area contributed by atoms with Crippen LogP contribution < -0.4 is 4.72 Å². The highest BCUT2D eigenvalue weighted by Gasteiger charge is 2.12. The Kier molecular flexibility index (Phi) is 7.37. The van der Waals surface area contributed by atoms with Crippen LogP contribution in [0.3, 0.4) is 0 Å². The third-order valence-corrected chi connectivity index (χ3v) is 6.38. The number of benzene rings is 3. The largest absolute Gasteiger partial charge is 0.301 e. The summed E-state index contributed by atoms with van der Waals surface area (Å²) in [6, 6.07) is 24.6. The van der Waals surface area contributed by atoms with Gasteiger partial charge in [-0.1, -0.05) is 48.5 Å². The van der Waals surface area contributed by atoms with Crippen molar-refractivity contribution in [2.75, 3.05) is 4.72 Å². The SMILES string of the molecule is O=C(CCc1cccnc1)Cc1ccc(NS(=O)c2ccccc2-c2cccc(F)c2)cc1. The maximum absolute atomic E-state index is 13.7. The van der Waals surface area contributed by atoms with Gasteiger partial charge in [-0.2, -0.15) is 0 Å². The van der Waals surface area contributed by atoms with Gasteiger partial charge in [0.15, 0.2) is 11.0 Å². The Morgan fingerprint density at radius 3 is 2.48 bits per heavy atom. The number of pyridine rings is 1. The molecule has 0 bridgehead atoms. The zero-order valence-electron chi connectivity index (χ0n) is 17.9. The van der Waals surface area contributed by atoms with Crippen LogP contribution in [0.1, 0.15) is 17.5 Å². The number of nitrogens with one attached hydrogen (secondary N) is 1. The second kappa shape index (κ2) is 10.8. The first kappa shape index (κ1) is 22.6. The molecular formula is C27H23FN2O2S. The molecule has 1 N–H and O–H groups in total. The number of rotatable bonds is 9. The number of hydrogen-bond acceptors (Lipinski definition) is 3. The predicted octanol–water partition coefficient (Wildman–Crippen LogP) is 5.77. The molecule has 1 atom stereocenters. The number of anilines is 1. The molecule has 0 radical (unpaired) electrons. The van der Waals surface area contributed by atoms with Crippen molar-refractivity contribution >= 4 is 22.5 Å². The molecule has 33 heavy (non-hydrogen) atoms. The lowest BCUT2D eigenvalue weighted by Gasteiger charge is -2.12. The summed E-state index contributed by atoms with van der Waals surface area (Å²) in [5.74, 6) is -0.182. The van der Waals surface area contributed by atoms with Gasteiger partial charge >= 0.3 is 0 Å². The van der Waals surface area contributed by atoms with E-state index >= 15 is 0 Å². The molecular weight excluding hydrogens is 435 g/mol. The summed E-state index contributed by atoms with van der Waals surface area (Å²) >= 11 is 0. The number of nitrogens with zero attached hydrogens (tertiary/aromatic N) is 1. The van der Waals surface area contributed by atoms with E-state index in [4.69, 9.17) is 0 Å². The van der Waals surface area contributed by atoms with Gasteiger partial charge in [-0.3, -0.25) is 9.78 Å². The minimum atomic E-state index is -1.54. The van der Waals surface area contributed by atoms with Crippen LogP contribution in [-0.4, -0.2) is 15.0 Å². The van der Waals surface area contributed by atoms with E-state index in [2.05, 4.69) is 9.71 Å². The lowest BCUT2D eigenvalue weighted by Crippen LogP contribution is -2.07. The molecule has 4 nitrogen and oxygen atoms in total. The highest BCUT2D eigenvalue weighted by Crippen LogP contribution is 2.27. The third kappa shape index (κ3) is 6.20. The van der Waals surface area contributed by atoms with Gasteiger partial charge in [0.25, 0.3) is 0 Å². The highest BCUT2D eigenvalue weighted by molar-refractivity contribution is 7.86. The number of ketones is 1. The van der Waals surface area contributed by atoms with Crippen LogP contribution in [0.2, 0.25) is 0 Å². The van der Waals surface area contributed by atoms with Crippen molar-refractivity contribution in [2.45, 2.75) is 24.2 Å². The van der Waals surface area contributed by atoms with Crippen molar-refractivity contribution in [1.82, 2.24) is 4.98 Å². The average molecular weight is 459 g/mol.